The van der Waals surface area contributed by atoms with Crippen LogP contribution in [0.25, 0.3) is 0 Å². The Morgan fingerprint density at radius 3 is 2.28 bits per heavy atom. The third-order valence-corrected chi connectivity index (χ3v) is 6.48. The van der Waals surface area contributed by atoms with Crippen molar-refractivity contribution in [3.8, 4) is 5.75 Å². The van der Waals surface area contributed by atoms with Crippen molar-refractivity contribution >= 4 is 50.9 Å². The molecule has 0 atom stereocenters. The lowest BCUT2D eigenvalue weighted by Crippen LogP contribution is -2.15. The third-order valence-electron chi connectivity index (χ3n) is 4.98. The highest BCUT2D eigenvalue weighted by Gasteiger charge is 2.16. The van der Waals surface area contributed by atoms with Gasteiger partial charge in [0.2, 0.25) is 11.8 Å². The predicted octanol–water partition coefficient (Wildman–Crippen LogP) is 5.36. The smallest absolute Gasteiger partial charge is 0.234 e. The zero-order valence-electron chi connectivity index (χ0n) is 19.5. The molecule has 4 aromatic rings. The molecule has 0 fully saturated rings. The van der Waals surface area contributed by atoms with E-state index in [-0.39, 0.29) is 24.2 Å². The number of amides is 2. The van der Waals surface area contributed by atoms with Crippen LogP contribution in [0.3, 0.4) is 0 Å². The third kappa shape index (κ3) is 7.43. The molecule has 0 aliphatic heterocycles. The Kier molecular flexibility index (Phi) is 8.75. The molecule has 2 N–H and O–H groups in total. The first kappa shape index (κ1) is 25.5. The maximum absolute atomic E-state index is 12.5. The van der Waals surface area contributed by atoms with E-state index in [1.807, 2.05) is 59.2 Å². The molecule has 2 amide bonds. The van der Waals surface area contributed by atoms with Crippen molar-refractivity contribution in [2.24, 2.45) is 0 Å². The van der Waals surface area contributed by atoms with Gasteiger partial charge in [-0.2, -0.15) is 0 Å². The molecule has 1 heterocycles. The fourth-order valence-corrected chi connectivity index (χ4v) is 4.32. The van der Waals surface area contributed by atoms with Gasteiger partial charge in [-0.15, -0.1) is 10.2 Å². The van der Waals surface area contributed by atoms with Crippen LogP contribution in [0.4, 0.5) is 11.4 Å². The lowest BCUT2D eigenvalue weighted by Gasteiger charge is -2.12. The van der Waals surface area contributed by atoms with E-state index in [4.69, 9.17) is 4.74 Å². The molecule has 8 nitrogen and oxygen atoms in total. The zero-order chi connectivity index (χ0) is 25.3. The average Bonchev–Trinajstić information content (AvgIpc) is 3.25. The van der Waals surface area contributed by atoms with Crippen LogP contribution in [0.1, 0.15) is 18.3 Å². The fraction of sp³-hybridized carbons (Fsp3) is 0.154. The largest absolute Gasteiger partial charge is 0.486 e. The Bertz CT molecular complexity index is 1310. The zero-order valence-corrected chi connectivity index (χ0v) is 21.9. The maximum atomic E-state index is 12.5. The van der Waals surface area contributed by atoms with Crippen molar-refractivity contribution in [1.29, 1.82) is 0 Å². The number of hydrogen-bond donors (Lipinski definition) is 2. The Morgan fingerprint density at radius 1 is 0.917 bits per heavy atom. The highest BCUT2D eigenvalue weighted by Crippen LogP contribution is 2.22. The number of aromatic nitrogens is 3. The molecule has 0 bridgehead atoms. The molecule has 0 aliphatic rings. The molecule has 0 aliphatic carbocycles. The summed E-state index contributed by atoms with van der Waals surface area (Å²) in [5.74, 6) is 1.21. The van der Waals surface area contributed by atoms with Crippen molar-refractivity contribution < 1.29 is 14.3 Å². The first-order valence-electron chi connectivity index (χ1n) is 11.1. The number of benzene rings is 3. The van der Waals surface area contributed by atoms with Gasteiger partial charge >= 0.3 is 0 Å². The average molecular weight is 566 g/mol. The van der Waals surface area contributed by atoms with Gasteiger partial charge in [0, 0.05) is 22.8 Å². The second kappa shape index (κ2) is 12.4. The van der Waals surface area contributed by atoms with Gasteiger partial charge in [-0.25, -0.2) is 0 Å². The summed E-state index contributed by atoms with van der Waals surface area (Å²) in [5.41, 5.74) is 2.51. The predicted molar refractivity (Wildman–Crippen MR) is 144 cm³/mol. The monoisotopic (exact) mass is 565 g/mol. The molecule has 0 unspecified atom stereocenters. The van der Waals surface area contributed by atoms with Gasteiger partial charge in [0.15, 0.2) is 11.0 Å². The van der Waals surface area contributed by atoms with Gasteiger partial charge in [-0.3, -0.25) is 14.2 Å². The van der Waals surface area contributed by atoms with E-state index in [9.17, 15) is 9.59 Å². The molecule has 0 spiro atoms. The van der Waals surface area contributed by atoms with Crippen molar-refractivity contribution in [1.82, 2.24) is 14.8 Å². The minimum Gasteiger partial charge on any atom is -0.486 e. The first-order valence-corrected chi connectivity index (χ1v) is 12.9. The minimum atomic E-state index is -0.131. The Balaban J connectivity index is 1.44. The van der Waals surface area contributed by atoms with E-state index in [0.717, 1.165) is 15.7 Å². The number of carbonyl (C=O) groups is 2. The van der Waals surface area contributed by atoms with Crippen LogP contribution in [-0.4, -0.2) is 32.3 Å². The van der Waals surface area contributed by atoms with E-state index >= 15 is 0 Å². The van der Waals surface area contributed by atoms with Gasteiger partial charge in [0.25, 0.3) is 0 Å². The van der Waals surface area contributed by atoms with Gasteiger partial charge < -0.3 is 15.4 Å². The van der Waals surface area contributed by atoms with Gasteiger partial charge in [-0.1, -0.05) is 58.0 Å². The molecule has 0 saturated heterocycles. The van der Waals surface area contributed by atoms with Gasteiger partial charge in [-0.05, 0) is 54.1 Å². The summed E-state index contributed by atoms with van der Waals surface area (Å²) in [6.45, 7) is 2.21. The van der Waals surface area contributed by atoms with Crippen LogP contribution in [0.15, 0.2) is 88.5 Å². The number of anilines is 2. The number of hydrogen-bond acceptors (Lipinski definition) is 6. The van der Waals surface area contributed by atoms with Crippen molar-refractivity contribution in [2.75, 3.05) is 16.4 Å². The Morgan fingerprint density at radius 2 is 1.58 bits per heavy atom. The van der Waals surface area contributed by atoms with E-state index in [2.05, 4.69) is 36.8 Å². The lowest BCUT2D eigenvalue weighted by molar-refractivity contribution is -0.114. The standard InChI is InChI=1S/C26H24BrN5O3S/c1-18(33)28-21-11-13-23(14-12-21)35-16-24-30-31-26(32(24)15-19-5-3-2-4-6-19)36-17-25(34)29-22-9-7-20(27)8-10-22/h2-14H,15-17H2,1H3,(H,28,33)(H,29,34). The Hall–Kier alpha value is -3.63. The molecular formula is C26H24BrN5O3S. The molecular weight excluding hydrogens is 542 g/mol. The van der Waals surface area contributed by atoms with E-state index < -0.39 is 0 Å². The highest BCUT2D eigenvalue weighted by molar-refractivity contribution is 9.10. The summed E-state index contributed by atoms with van der Waals surface area (Å²) in [4.78, 5) is 23.7. The number of nitrogens with zero attached hydrogens (tertiary/aromatic N) is 3. The molecule has 10 heteroatoms. The normalized spacial score (nSPS) is 10.6. The number of rotatable bonds is 10. The minimum absolute atomic E-state index is 0.131. The molecule has 184 valence electrons. The van der Waals surface area contributed by atoms with Crippen LogP contribution in [0.2, 0.25) is 0 Å². The maximum Gasteiger partial charge on any atom is 0.234 e. The topological polar surface area (TPSA) is 98.1 Å². The van der Waals surface area contributed by atoms with E-state index in [1.54, 1.807) is 24.3 Å². The number of nitrogens with one attached hydrogen (secondary N) is 2. The first-order chi connectivity index (χ1) is 17.5. The molecule has 1 aromatic heterocycles. The summed E-state index contributed by atoms with van der Waals surface area (Å²) >= 11 is 4.71. The highest BCUT2D eigenvalue weighted by atomic mass is 79.9. The molecule has 3 aromatic carbocycles. The summed E-state index contributed by atoms with van der Waals surface area (Å²) in [7, 11) is 0. The molecule has 0 radical (unpaired) electrons. The summed E-state index contributed by atoms with van der Waals surface area (Å²) < 4.78 is 8.83. The van der Waals surface area contributed by atoms with Crippen LogP contribution in [-0.2, 0) is 22.7 Å². The van der Waals surface area contributed by atoms with E-state index in [0.29, 0.717) is 29.0 Å². The van der Waals surface area contributed by atoms with Gasteiger partial charge in [0.1, 0.15) is 12.4 Å². The van der Waals surface area contributed by atoms with Crippen molar-refractivity contribution in [3.05, 3.63) is 94.7 Å². The summed E-state index contributed by atoms with van der Waals surface area (Å²) in [6.07, 6.45) is 0. The summed E-state index contributed by atoms with van der Waals surface area (Å²) in [5, 5.41) is 14.9. The lowest BCUT2D eigenvalue weighted by atomic mass is 10.2. The van der Waals surface area contributed by atoms with Crippen LogP contribution in [0.5, 0.6) is 5.75 Å². The summed E-state index contributed by atoms with van der Waals surface area (Å²) in [6, 6.07) is 24.5. The van der Waals surface area contributed by atoms with Crippen LogP contribution < -0.4 is 15.4 Å². The quantitative estimate of drug-likeness (QED) is 0.251. The SMILES string of the molecule is CC(=O)Nc1ccc(OCc2nnc(SCC(=O)Nc3ccc(Br)cc3)n2Cc2ccccc2)cc1. The van der Waals surface area contributed by atoms with E-state index in [1.165, 1.54) is 18.7 Å². The second-order valence-corrected chi connectivity index (χ2v) is 9.67. The second-order valence-electron chi connectivity index (χ2n) is 7.81. The molecule has 0 saturated carbocycles. The fourth-order valence-electron chi connectivity index (χ4n) is 3.30. The number of thioether (sulfide) groups is 1. The number of carbonyl (C=O) groups excluding carboxylic acids is 2. The van der Waals surface area contributed by atoms with Crippen molar-refractivity contribution in [2.45, 2.75) is 25.2 Å². The number of ether oxygens (including phenoxy) is 1. The van der Waals surface area contributed by atoms with Crippen LogP contribution >= 0.6 is 27.7 Å². The van der Waals surface area contributed by atoms with Gasteiger partial charge in [0.05, 0.1) is 12.3 Å². The van der Waals surface area contributed by atoms with Crippen molar-refractivity contribution in [3.63, 3.8) is 0 Å². The molecule has 36 heavy (non-hydrogen) atoms. The van der Waals surface area contributed by atoms with Crippen LogP contribution in [0, 0.1) is 0 Å². The number of halogens is 1. The Labute approximate surface area is 221 Å². The molecule has 4 rings (SSSR count).